The number of amides is 1. The molecular weight excluding hydrogens is 294 g/mol. The molecule has 1 N–H and O–H groups in total. The maximum atomic E-state index is 10.7. The zero-order valence-electron chi connectivity index (χ0n) is 13.4. The summed E-state index contributed by atoms with van der Waals surface area (Å²) in [7, 11) is 0. The molecule has 1 heterocycles. The number of hydroxylamine groups is 2. The fraction of sp³-hybridized carbons (Fsp3) is 0.471. The summed E-state index contributed by atoms with van der Waals surface area (Å²) in [6, 6.07) is 9.90. The molecule has 6 heteroatoms. The monoisotopic (exact) mass is 317 g/mol. The molecule has 0 radical (unpaired) electrons. The molecule has 124 valence electrons. The molecule has 0 aliphatic carbocycles. The number of carbonyl (C=O) groups is 1. The molecule has 6 nitrogen and oxygen atoms in total. The Labute approximate surface area is 136 Å². The van der Waals surface area contributed by atoms with Crippen molar-refractivity contribution in [3.8, 4) is 0 Å². The third kappa shape index (κ3) is 5.49. The van der Waals surface area contributed by atoms with Gasteiger partial charge in [-0.1, -0.05) is 56.5 Å². The molecule has 1 aromatic heterocycles. The van der Waals surface area contributed by atoms with Crippen molar-refractivity contribution in [3.05, 3.63) is 47.7 Å². The summed E-state index contributed by atoms with van der Waals surface area (Å²) < 4.78 is 5.75. The van der Waals surface area contributed by atoms with Crippen LogP contribution in [0.3, 0.4) is 0 Å². The second-order valence-electron chi connectivity index (χ2n) is 5.62. The summed E-state index contributed by atoms with van der Waals surface area (Å²) in [4.78, 5) is 10.7. The van der Waals surface area contributed by atoms with E-state index >= 15 is 0 Å². The Morgan fingerprint density at radius 1 is 1.26 bits per heavy atom. The van der Waals surface area contributed by atoms with Crippen LogP contribution in [-0.2, 0) is 11.2 Å². The van der Waals surface area contributed by atoms with Gasteiger partial charge in [-0.25, -0.2) is 5.06 Å². The molecule has 0 bridgehead atoms. The predicted octanol–water partition coefficient (Wildman–Crippen LogP) is 3.17. The van der Waals surface area contributed by atoms with Gasteiger partial charge in [0.05, 0.1) is 18.9 Å². The molecule has 2 rings (SSSR count). The van der Waals surface area contributed by atoms with Crippen molar-refractivity contribution in [1.82, 2.24) is 15.3 Å². The lowest BCUT2D eigenvalue weighted by Gasteiger charge is -2.16. The first-order chi connectivity index (χ1) is 11.2. The summed E-state index contributed by atoms with van der Waals surface area (Å²) in [5.41, 5.74) is 1.10. The second-order valence-corrected chi connectivity index (χ2v) is 5.62. The fourth-order valence-corrected chi connectivity index (χ4v) is 2.48. The minimum Gasteiger partial charge on any atom is -0.425 e. The van der Waals surface area contributed by atoms with Crippen LogP contribution in [0.2, 0.25) is 0 Å². The molecular formula is C17H23N3O3. The van der Waals surface area contributed by atoms with E-state index in [9.17, 15) is 10.0 Å². The third-order valence-corrected chi connectivity index (χ3v) is 3.72. The molecule has 1 atom stereocenters. The molecule has 2 aromatic rings. The van der Waals surface area contributed by atoms with Gasteiger partial charge in [-0.05, 0) is 12.0 Å². The zero-order chi connectivity index (χ0) is 16.5. The minimum absolute atomic E-state index is 0.145. The third-order valence-electron chi connectivity index (χ3n) is 3.72. The fourth-order valence-electron chi connectivity index (χ4n) is 2.48. The average Bonchev–Trinajstić information content (AvgIpc) is 3.03. The Balaban J connectivity index is 2.04. The van der Waals surface area contributed by atoms with Gasteiger partial charge in [0.25, 0.3) is 0 Å². The summed E-state index contributed by atoms with van der Waals surface area (Å²) >= 11 is 0. The van der Waals surface area contributed by atoms with Crippen LogP contribution in [0, 0.1) is 0 Å². The Kier molecular flexibility index (Phi) is 6.75. The van der Waals surface area contributed by atoms with E-state index in [2.05, 4.69) is 17.1 Å². The molecule has 0 fully saturated rings. The highest BCUT2D eigenvalue weighted by atomic mass is 16.5. The molecule has 0 spiro atoms. The molecule has 0 unspecified atom stereocenters. The van der Waals surface area contributed by atoms with Crippen LogP contribution in [0.25, 0.3) is 0 Å². The largest absolute Gasteiger partial charge is 0.425 e. The number of hydrogen-bond donors (Lipinski definition) is 1. The highest BCUT2D eigenvalue weighted by Gasteiger charge is 2.21. The van der Waals surface area contributed by atoms with Gasteiger partial charge in [0.1, 0.15) is 0 Å². The Bertz CT molecular complexity index is 586. The molecule has 0 aliphatic heterocycles. The van der Waals surface area contributed by atoms with E-state index in [4.69, 9.17) is 4.42 Å². The Morgan fingerprint density at radius 3 is 2.74 bits per heavy atom. The molecule has 0 saturated heterocycles. The van der Waals surface area contributed by atoms with Crippen LogP contribution in [0.1, 0.15) is 55.9 Å². The lowest BCUT2D eigenvalue weighted by molar-refractivity contribution is -0.151. The Morgan fingerprint density at radius 2 is 2.04 bits per heavy atom. The van der Waals surface area contributed by atoms with Crippen LogP contribution in [0.4, 0.5) is 0 Å². The van der Waals surface area contributed by atoms with Crippen molar-refractivity contribution < 1.29 is 14.4 Å². The molecule has 23 heavy (non-hydrogen) atoms. The molecule has 0 aliphatic rings. The van der Waals surface area contributed by atoms with Crippen molar-refractivity contribution in [1.29, 1.82) is 0 Å². The minimum atomic E-state index is -0.145. The highest BCUT2D eigenvalue weighted by molar-refractivity contribution is 5.44. The van der Waals surface area contributed by atoms with Gasteiger partial charge in [0.15, 0.2) is 0 Å². The lowest BCUT2D eigenvalue weighted by Crippen LogP contribution is -2.24. The summed E-state index contributed by atoms with van der Waals surface area (Å²) in [5, 5.41) is 18.3. The molecule has 0 saturated carbocycles. The van der Waals surface area contributed by atoms with E-state index in [1.807, 2.05) is 30.3 Å². The SMILES string of the molecule is CCCCC[C@@H](CN(O)C=O)c1nnc(Cc2ccccc2)o1. The summed E-state index contributed by atoms with van der Waals surface area (Å²) in [6.45, 7) is 2.30. The zero-order valence-corrected chi connectivity index (χ0v) is 13.4. The summed E-state index contributed by atoms with van der Waals surface area (Å²) in [5.74, 6) is 0.879. The molecule has 1 aromatic carbocycles. The van der Waals surface area contributed by atoms with Gasteiger partial charge in [-0.15, -0.1) is 10.2 Å². The number of benzene rings is 1. The topological polar surface area (TPSA) is 79.5 Å². The first kappa shape index (κ1) is 17.1. The smallest absolute Gasteiger partial charge is 0.233 e. The van der Waals surface area contributed by atoms with Crippen molar-refractivity contribution in [2.75, 3.05) is 6.54 Å². The van der Waals surface area contributed by atoms with Crippen molar-refractivity contribution >= 4 is 6.41 Å². The van der Waals surface area contributed by atoms with E-state index < -0.39 is 0 Å². The lowest BCUT2D eigenvalue weighted by atomic mass is 10.0. The maximum Gasteiger partial charge on any atom is 0.233 e. The highest BCUT2D eigenvalue weighted by Crippen LogP contribution is 2.23. The number of aromatic nitrogens is 2. The normalized spacial score (nSPS) is 12.1. The standard InChI is InChI=1S/C17H23N3O3/c1-2-3-5-10-15(12-20(22)13-21)17-19-18-16(23-17)11-14-8-6-4-7-9-14/h4,6-9,13,15,22H,2-3,5,10-12H2,1H3/t15-/m0/s1. The summed E-state index contributed by atoms with van der Waals surface area (Å²) in [6.07, 6.45) is 4.95. The van der Waals surface area contributed by atoms with E-state index in [-0.39, 0.29) is 12.5 Å². The van der Waals surface area contributed by atoms with Crippen LogP contribution in [-0.4, -0.2) is 33.4 Å². The number of rotatable bonds is 10. The first-order valence-electron chi connectivity index (χ1n) is 8.00. The quantitative estimate of drug-likeness (QED) is 0.315. The first-order valence-corrected chi connectivity index (χ1v) is 8.00. The maximum absolute atomic E-state index is 10.7. The van der Waals surface area contributed by atoms with Crippen LogP contribution >= 0.6 is 0 Å². The second kappa shape index (κ2) is 9.05. The van der Waals surface area contributed by atoms with E-state index in [1.54, 1.807) is 0 Å². The van der Waals surface area contributed by atoms with Gasteiger partial charge < -0.3 is 4.42 Å². The predicted molar refractivity (Wildman–Crippen MR) is 85.0 cm³/mol. The van der Waals surface area contributed by atoms with E-state index in [0.29, 0.717) is 29.7 Å². The van der Waals surface area contributed by atoms with Gasteiger partial charge in [-0.3, -0.25) is 10.0 Å². The van der Waals surface area contributed by atoms with Gasteiger partial charge >= 0.3 is 0 Å². The van der Waals surface area contributed by atoms with E-state index in [0.717, 1.165) is 31.2 Å². The van der Waals surface area contributed by atoms with Crippen LogP contribution < -0.4 is 0 Å². The Hall–Kier alpha value is -2.21. The van der Waals surface area contributed by atoms with E-state index in [1.165, 1.54) is 0 Å². The van der Waals surface area contributed by atoms with Crippen LogP contribution in [0.15, 0.2) is 34.7 Å². The number of nitrogens with zero attached hydrogens (tertiary/aromatic N) is 3. The van der Waals surface area contributed by atoms with Crippen LogP contribution in [0.5, 0.6) is 0 Å². The average molecular weight is 317 g/mol. The molecule has 1 amide bonds. The van der Waals surface area contributed by atoms with Gasteiger partial charge in [-0.2, -0.15) is 0 Å². The van der Waals surface area contributed by atoms with Crippen molar-refractivity contribution in [3.63, 3.8) is 0 Å². The number of carbonyl (C=O) groups excluding carboxylic acids is 1. The van der Waals surface area contributed by atoms with Gasteiger partial charge in [0.2, 0.25) is 18.2 Å². The number of hydrogen-bond acceptors (Lipinski definition) is 5. The van der Waals surface area contributed by atoms with Gasteiger partial charge in [0, 0.05) is 0 Å². The number of unbranched alkanes of at least 4 members (excludes halogenated alkanes) is 2. The van der Waals surface area contributed by atoms with Crippen molar-refractivity contribution in [2.45, 2.75) is 44.9 Å². The van der Waals surface area contributed by atoms with Crippen molar-refractivity contribution in [2.24, 2.45) is 0 Å².